The van der Waals surface area contributed by atoms with Crippen LogP contribution in [0.5, 0.6) is 0 Å². The van der Waals surface area contributed by atoms with Gasteiger partial charge in [-0.05, 0) is 43.9 Å². The first-order chi connectivity index (χ1) is 12.3. The van der Waals surface area contributed by atoms with Crippen LogP contribution in [0.3, 0.4) is 0 Å². The number of rotatable bonds is 5. The Morgan fingerprint density at radius 2 is 1.69 bits per heavy atom. The molecule has 0 unspecified atom stereocenters. The van der Waals surface area contributed by atoms with Crippen LogP contribution < -0.4 is 5.32 Å². The summed E-state index contributed by atoms with van der Waals surface area (Å²) in [7, 11) is -3.62. The van der Waals surface area contributed by atoms with E-state index in [1.54, 1.807) is 0 Å². The van der Waals surface area contributed by atoms with Crippen molar-refractivity contribution in [3.63, 3.8) is 0 Å². The third-order valence-electron chi connectivity index (χ3n) is 5.27. The number of aliphatic carboxylic acids is 1. The van der Waals surface area contributed by atoms with Gasteiger partial charge in [-0.1, -0.05) is 25.3 Å². The maximum Gasteiger partial charge on any atom is 0.329 e. The summed E-state index contributed by atoms with van der Waals surface area (Å²) < 4.78 is 26.8. The first-order valence-electron chi connectivity index (χ1n) is 9.01. The SMILES string of the molecule is O=C(NC1(C(=O)O)CCCCC1)c1cccc(S(=O)(=O)N2CCCC2)c1. The lowest BCUT2D eigenvalue weighted by Crippen LogP contribution is -2.55. The van der Waals surface area contributed by atoms with Crippen LogP contribution in [0.25, 0.3) is 0 Å². The molecule has 1 saturated heterocycles. The van der Waals surface area contributed by atoms with Gasteiger partial charge in [-0.2, -0.15) is 4.31 Å². The Labute approximate surface area is 153 Å². The Morgan fingerprint density at radius 1 is 1.04 bits per heavy atom. The van der Waals surface area contributed by atoms with E-state index in [4.69, 9.17) is 0 Å². The average Bonchev–Trinajstić information content (AvgIpc) is 3.18. The molecule has 1 saturated carbocycles. The highest BCUT2D eigenvalue weighted by atomic mass is 32.2. The van der Waals surface area contributed by atoms with Crippen molar-refractivity contribution in [2.45, 2.75) is 55.4 Å². The van der Waals surface area contributed by atoms with Gasteiger partial charge in [0.05, 0.1) is 4.90 Å². The number of nitrogens with one attached hydrogen (secondary N) is 1. The number of carboxylic acids is 1. The summed E-state index contributed by atoms with van der Waals surface area (Å²) in [6.07, 6.45) is 4.89. The zero-order valence-corrected chi connectivity index (χ0v) is 15.4. The lowest BCUT2D eigenvalue weighted by molar-refractivity contribution is -0.145. The van der Waals surface area contributed by atoms with E-state index in [1.165, 1.54) is 28.6 Å². The van der Waals surface area contributed by atoms with E-state index in [-0.39, 0.29) is 10.5 Å². The van der Waals surface area contributed by atoms with E-state index in [0.717, 1.165) is 32.1 Å². The van der Waals surface area contributed by atoms with Gasteiger partial charge in [0.1, 0.15) is 5.54 Å². The fraction of sp³-hybridized carbons (Fsp3) is 0.556. The van der Waals surface area contributed by atoms with Crippen LogP contribution in [-0.2, 0) is 14.8 Å². The second-order valence-electron chi connectivity index (χ2n) is 7.04. The van der Waals surface area contributed by atoms with Gasteiger partial charge in [0, 0.05) is 18.7 Å². The first kappa shape index (κ1) is 18.8. The van der Waals surface area contributed by atoms with Crippen molar-refractivity contribution in [2.75, 3.05) is 13.1 Å². The number of nitrogens with zero attached hydrogens (tertiary/aromatic N) is 1. The lowest BCUT2D eigenvalue weighted by Gasteiger charge is -2.34. The number of benzene rings is 1. The number of carboxylic acid groups (broad SMARTS) is 1. The van der Waals surface area contributed by atoms with Crippen molar-refractivity contribution in [1.29, 1.82) is 0 Å². The van der Waals surface area contributed by atoms with Crippen molar-refractivity contribution in [3.05, 3.63) is 29.8 Å². The van der Waals surface area contributed by atoms with Gasteiger partial charge >= 0.3 is 5.97 Å². The quantitative estimate of drug-likeness (QED) is 0.813. The maximum absolute atomic E-state index is 12.7. The summed E-state index contributed by atoms with van der Waals surface area (Å²) in [6, 6.07) is 5.84. The van der Waals surface area contributed by atoms with Crippen molar-refractivity contribution in [1.82, 2.24) is 9.62 Å². The molecule has 1 heterocycles. The van der Waals surface area contributed by atoms with Crippen molar-refractivity contribution in [2.24, 2.45) is 0 Å². The summed E-state index contributed by atoms with van der Waals surface area (Å²) in [5.41, 5.74) is -1.10. The number of amides is 1. The van der Waals surface area contributed by atoms with Crippen LogP contribution in [0.15, 0.2) is 29.2 Å². The third-order valence-corrected chi connectivity index (χ3v) is 7.16. The molecule has 7 nitrogen and oxygen atoms in total. The molecule has 0 atom stereocenters. The number of carbonyl (C=O) groups excluding carboxylic acids is 1. The fourth-order valence-corrected chi connectivity index (χ4v) is 5.28. The minimum atomic E-state index is -3.62. The summed E-state index contributed by atoms with van der Waals surface area (Å²) in [5.74, 6) is -1.58. The largest absolute Gasteiger partial charge is 0.480 e. The van der Waals surface area contributed by atoms with E-state index < -0.39 is 27.4 Å². The molecule has 142 valence electrons. The smallest absolute Gasteiger partial charge is 0.329 e. The van der Waals surface area contributed by atoms with Gasteiger partial charge < -0.3 is 10.4 Å². The van der Waals surface area contributed by atoms with Gasteiger partial charge in [-0.3, -0.25) is 4.79 Å². The maximum atomic E-state index is 12.7. The predicted molar refractivity (Wildman–Crippen MR) is 95.4 cm³/mol. The molecule has 1 aromatic carbocycles. The zero-order chi connectivity index (χ0) is 18.8. The normalized spacial score (nSPS) is 20.6. The van der Waals surface area contributed by atoms with Gasteiger partial charge in [-0.25, -0.2) is 13.2 Å². The highest BCUT2D eigenvalue weighted by molar-refractivity contribution is 7.89. The van der Waals surface area contributed by atoms with Crippen molar-refractivity contribution < 1.29 is 23.1 Å². The molecule has 0 aromatic heterocycles. The van der Waals surface area contributed by atoms with E-state index in [0.29, 0.717) is 25.9 Å². The van der Waals surface area contributed by atoms with Crippen LogP contribution in [0.2, 0.25) is 0 Å². The highest BCUT2D eigenvalue weighted by Gasteiger charge is 2.41. The molecule has 2 aliphatic rings. The van der Waals surface area contributed by atoms with Crippen LogP contribution in [-0.4, -0.2) is 48.3 Å². The average molecular weight is 380 g/mol. The van der Waals surface area contributed by atoms with Crippen LogP contribution in [0.4, 0.5) is 0 Å². The Hall–Kier alpha value is -1.93. The second-order valence-corrected chi connectivity index (χ2v) is 8.98. The van der Waals surface area contributed by atoms with Gasteiger partial charge in [0.15, 0.2) is 0 Å². The molecule has 3 rings (SSSR count). The summed E-state index contributed by atoms with van der Waals surface area (Å²) in [5, 5.41) is 12.2. The molecule has 26 heavy (non-hydrogen) atoms. The molecule has 8 heteroatoms. The molecule has 2 fully saturated rings. The van der Waals surface area contributed by atoms with Crippen LogP contribution >= 0.6 is 0 Å². The molecule has 1 amide bonds. The van der Waals surface area contributed by atoms with Crippen molar-refractivity contribution in [3.8, 4) is 0 Å². The van der Waals surface area contributed by atoms with E-state index in [1.807, 2.05) is 0 Å². The molecular weight excluding hydrogens is 356 g/mol. The van der Waals surface area contributed by atoms with Gasteiger partial charge in [-0.15, -0.1) is 0 Å². The Kier molecular flexibility index (Phi) is 5.34. The number of hydrogen-bond acceptors (Lipinski definition) is 4. The standard InChI is InChI=1S/C18H24N2O5S/c21-16(19-18(17(22)23)9-2-1-3-10-18)14-7-6-8-15(13-14)26(24,25)20-11-4-5-12-20/h6-8,13H,1-5,9-12H2,(H,19,21)(H,22,23). The molecule has 2 N–H and O–H groups in total. The number of carbonyl (C=O) groups is 2. The minimum absolute atomic E-state index is 0.0695. The summed E-state index contributed by atoms with van der Waals surface area (Å²) >= 11 is 0. The van der Waals surface area contributed by atoms with Crippen LogP contribution in [0, 0.1) is 0 Å². The second kappa shape index (κ2) is 7.36. The highest BCUT2D eigenvalue weighted by Crippen LogP contribution is 2.29. The zero-order valence-electron chi connectivity index (χ0n) is 14.6. The fourth-order valence-electron chi connectivity index (χ4n) is 3.71. The molecule has 1 aromatic rings. The number of sulfonamides is 1. The molecular formula is C18H24N2O5S. The first-order valence-corrected chi connectivity index (χ1v) is 10.5. The van der Waals surface area contributed by atoms with E-state index in [2.05, 4.69) is 5.32 Å². The molecule has 0 radical (unpaired) electrons. The summed E-state index contributed by atoms with van der Waals surface area (Å²) in [4.78, 5) is 24.4. The van der Waals surface area contributed by atoms with Crippen LogP contribution in [0.1, 0.15) is 55.3 Å². The molecule has 1 aliphatic carbocycles. The van der Waals surface area contributed by atoms with Crippen molar-refractivity contribution >= 4 is 21.9 Å². The predicted octanol–water partition coefficient (Wildman–Crippen LogP) is 1.99. The monoisotopic (exact) mass is 380 g/mol. The van der Waals surface area contributed by atoms with Gasteiger partial charge in [0.25, 0.3) is 5.91 Å². The minimum Gasteiger partial charge on any atom is -0.480 e. The molecule has 0 bridgehead atoms. The number of hydrogen-bond donors (Lipinski definition) is 2. The topological polar surface area (TPSA) is 104 Å². The van der Waals surface area contributed by atoms with Gasteiger partial charge in [0.2, 0.25) is 10.0 Å². The Bertz CT molecular complexity index is 794. The van der Waals surface area contributed by atoms with E-state index in [9.17, 15) is 23.1 Å². The van der Waals surface area contributed by atoms with E-state index >= 15 is 0 Å². The third kappa shape index (κ3) is 3.61. The Balaban J connectivity index is 1.83. The summed E-state index contributed by atoms with van der Waals surface area (Å²) in [6.45, 7) is 0.974. The Morgan fingerprint density at radius 3 is 2.31 bits per heavy atom. The molecule has 0 spiro atoms. The molecule has 1 aliphatic heterocycles. The lowest BCUT2D eigenvalue weighted by atomic mass is 9.81.